The van der Waals surface area contributed by atoms with E-state index in [-0.39, 0.29) is 16.7 Å². The number of hydrogen-bond donors (Lipinski definition) is 3. The van der Waals surface area contributed by atoms with Crippen LogP contribution in [0.1, 0.15) is 43.0 Å². The molecule has 0 atom stereocenters. The van der Waals surface area contributed by atoms with Crippen LogP contribution in [-0.4, -0.2) is 23.7 Å². The lowest BCUT2D eigenvalue weighted by Crippen LogP contribution is -2.37. The summed E-state index contributed by atoms with van der Waals surface area (Å²) in [7, 11) is 0. The summed E-state index contributed by atoms with van der Waals surface area (Å²) in [5.74, 6) is -1.94. The van der Waals surface area contributed by atoms with E-state index in [1.165, 1.54) is 18.9 Å². The predicted molar refractivity (Wildman–Crippen MR) is 77.0 cm³/mol. The molecule has 1 saturated carbocycles. The normalized spacial score (nSPS) is 16.5. The Labute approximate surface area is 122 Å². The highest BCUT2D eigenvalue weighted by atomic mass is 19.1. The Morgan fingerprint density at radius 3 is 2.62 bits per heavy atom. The van der Waals surface area contributed by atoms with Crippen molar-refractivity contribution in [2.75, 3.05) is 11.9 Å². The van der Waals surface area contributed by atoms with Crippen molar-refractivity contribution in [1.29, 1.82) is 0 Å². The van der Waals surface area contributed by atoms with Gasteiger partial charge in [-0.25, -0.2) is 14.0 Å². The van der Waals surface area contributed by atoms with Crippen molar-refractivity contribution in [3.63, 3.8) is 0 Å². The molecule has 1 aromatic rings. The summed E-state index contributed by atoms with van der Waals surface area (Å²) in [5.41, 5.74) is -0.0781. The van der Waals surface area contributed by atoms with Crippen LogP contribution in [0.5, 0.6) is 0 Å². The molecule has 5 nitrogen and oxygen atoms in total. The number of carbonyl (C=O) groups is 2. The molecular weight excluding hydrogens is 275 g/mol. The van der Waals surface area contributed by atoms with Gasteiger partial charge in [0.1, 0.15) is 5.82 Å². The second kappa shape index (κ2) is 6.11. The van der Waals surface area contributed by atoms with Gasteiger partial charge in [0, 0.05) is 6.54 Å². The molecule has 1 aliphatic carbocycles. The van der Waals surface area contributed by atoms with E-state index in [9.17, 15) is 14.0 Å². The number of carbonyl (C=O) groups excluding carboxylic acids is 1. The molecule has 2 amide bonds. The number of nitrogens with one attached hydrogen (secondary N) is 2. The van der Waals surface area contributed by atoms with Gasteiger partial charge in [-0.15, -0.1) is 0 Å². The lowest BCUT2D eigenvalue weighted by Gasteiger charge is -2.23. The number of carboxylic acid groups (broad SMARTS) is 1. The van der Waals surface area contributed by atoms with Crippen molar-refractivity contribution in [3.05, 3.63) is 29.6 Å². The summed E-state index contributed by atoms with van der Waals surface area (Å²) in [5, 5.41) is 14.2. The summed E-state index contributed by atoms with van der Waals surface area (Å²) in [4.78, 5) is 22.9. The number of benzene rings is 1. The Morgan fingerprint density at radius 2 is 2.00 bits per heavy atom. The van der Waals surface area contributed by atoms with E-state index in [1.54, 1.807) is 0 Å². The topological polar surface area (TPSA) is 78.4 Å². The maximum Gasteiger partial charge on any atom is 0.337 e. The van der Waals surface area contributed by atoms with Crippen LogP contribution in [0.2, 0.25) is 0 Å². The van der Waals surface area contributed by atoms with Gasteiger partial charge in [-0.1, -0.05) is 19.8 Å². The monoisotopic (exact) mass is 294 g/mol. The van der Waals surface area contributed by atoms with E-state index in [2.05, 4.69) is 17.6 Å². The summed E-state index contributed by atoms with van der Waals surface area (Å²) in [6, 6.07) is 2.77. The number of halogens is 1. The molecule has 1 aliphatic rings. The highest BCUT2D eigenvalue weighted by Gasteiger charge is 2.28. The molecule has 0 bridgehead atoms. The number of hydrogen-bond acceptors (Lipinski definition) is 2. The molecule has 0 unspecified atom stereocenters. The highest BCUT2D eigenvalue weighted by Crippen LogP contribution is 2.36. The van der Waals surface area contributed by atoms with Gasteiger partial charge in [0.15, 0.2) is 0 Å². The fourth-order valence-corrected chi connectivity index (χ4v) is 2.67. The Balaban J connectivity index is 1.98. The van der Waals surface area contributed by atoms with E-state index < -0.39 is 17.8 Å². The average Bonchev–Trinajstić information content (AvgIpc) is 2.86. The number of aromatic carboxylic acids is 1. The molecule has 1 aromatic carbocycles. The molecule has 0 radical (unpaired) electrons. The minimum Gasteiger partial charge on any atom is -0.478 e. The number of urea groups is 1. The van der Waals surface area contributed by atoms with Crippen LogP contribution in [0.3, 0.4) is 0 Å². The van der Waals surface area contributed by atoms with Crippen LogP contribution in [0.4, 0.5) is 14.9 Å². The number of rotatable bonds is 4. The second-order valence-electron chi connectivity index (χ2n) is 5.82. The molecule has 0 aromatic heterocycles. The number of amides is 2. The molecule has 114 valence electrons. The van der Waals surface area contributed by atoms with Crippen molar-refractivity contribution >= 4 is 17.7 Å². The van der Waals surface area contributed by atoms with Gasteiger partial charge < -0.3 is 15.7 Å². The zero-order chi connectivity index (χ0) is 15.5. The van der Waals surface area contributed by atoms with Gasteiger partial charge in [-0.2, -0.15) is 0 Å². The first-order chi connectivity index (χ1) is 9.89. The van der Waals surface area contributed by atoms with Crippen molar-refractivity contribution in [1.82, 2.24) is 5.32 Å². The zero-order valence-electron chi connectivity index (χ0n) is 11.9. The lowest BCUT2D eigenvalue weighted by molar-refractivity contribution is 0.0697. The minimum atomic E-state index is -1.28. The Kier molecular flexibility index (Phi) is 4.45. The van der Waals surface area contributed by atoms with E-state index in [4.69, 9.17) is 5.11 Å². The Morgan fingerprint density at radius 1 is 1.33 bits per heavy atom. The molecule has 0 aliphatic heterocycles. The number of carboxylic acids is 1. The second-order valence-corrected chi connectivity index (χ2v) is 5.82. The molecule has 0 heterocycles. The first-order valence-electron chi connectivity index (χ1n) is 6.97. The summed E-state index contributed by atoms with van der Waals surface area (Å²) < 4.78 is 13.1. The van der Waals surface area contributed by atoms with Gasteiger partial charge in [0.25, 0.3) is 0 Å². The van der Waals surface area contributed by atoms with Crippen LogP contribution in [-0.2, 0) is 0 Å². The quantitative estimate of drug-likeness (QED) is 0.797. The zero-order valence-corrected chi connectivity index (χ0v) is 11.9. The van der Waals surface area contributed by atoms with Gasteiger partial charge >= 0.3 is 12.0 Å². The van der Waals surface area contributed by atoms with Gasteiger partial charge in [-0.3, -0.25) is 0 Å². The van der Waals surface area contributed by atoms with Crippen molar-refractivity contribution in [2.24, 2.45) is 5.41 Å². The minimum absolute atomic E-state index is 0.0815. The molecule has 1 fully saturated rings. The Bertz CT molecular complexity index is 554. The average molecular weight is 294 g/mol. The summed E-state index contributed by atoms with van der Waals surface area (Å²) in [6.07, 6.45) is 4.48. The third-order valence-corrected chi connectivity index (χ3v) is 3.95. The first-order valence-corrected chi connectivity index (χ1v) is 6.97. The predicted octanol–water partition coefficient (Wildman–Crippen LogP) is 3.23. The van der Waals surface area contributed by atoms with Crippen LogP contribution < -0.4 is 10.6 Å². The van der Waals surface area contributed by atoms with Crippen LogP contribution in [0, 0.1) is 11.2 Å². The van der Waals surface area contributed by atoms with E-state index >= 15 is 0 Å². The third-order valence-electron chi connectivity index (χ3n) is 3.95. The highest BCUT2D eigenvalue weighted by molar-refractivity contribution is 5.99. The molecule has 6 heteroatoms. The first kappa shape index (κ1) is 15.3. The van der Waals surface area contributed by atoms with Crippen molar-refractivity contribution in [3.8, 4) is 0 Å². The van der Waals surface area contributed by atoms with Crippen LogP contribution in [0.15, 0.2) is 18.2 Å². The molecule has 3 N–H and O–H groups in total. The van der Waals surface area contributed by atoms with Gasteiger partial charge in [0.05, 0.1) is 11.3 Å². The van der Waals surface area contributed by atoms with Crippen LogP contribution in [0.25, 0.3) is 0 Å². The Hall–Kier alpha value is -2.11. The number of anilines is 1. The van der Waals surface area contributed by atoms with Crippen LogP contribution >= 0.6 is 0 Å². The van der Waals surface area contributed by atoms with Crippen molar-refractivity contribution < 1.29 is 19.1 Å². The van der Waals surface area contributed by atoms with Gasteiger partial charge in [-0.05, 0) is 36.5 Å². The van der Waals surface area contributed by atoms with E-state index in [1.807, 2.05) is 0 Å². The summed E-state index contributed by atoms with van der Waals surface area (Å²) >= 11 is 0. The van der Waals surface area contributed by atoms with E-state index in [0.29, 0.717) is 6.54 Å². The summed E-state index contributed by atoms with van der Waals surface area (Å²) in [6.45, 7) is 2.67. The fourth-order valence-electron chi connectivity index (χ4n) is 2.67. The molecule has 0 spiro atoms. The molecule has 0 saturated heterocycles. The molecular formula is C15H19FN2O3. The lowest BCUT2D eigenvalue weighted by atomic mass is 9.89. The molecule has 2 rings (SSSR count). The van der Waals surface area contributed by atoms with Crippen molar-refractivity contribution in [2.45, 2.75) is 32.6 Å². The molecule has 21 heavy (non-hydrogen) atoms. The maximum absolute atomic E-state index is 13.1. The maximum atomic E-state index is 13.1. The third kappa shape index (κ3) is 3.93. The fraction of sp³-hybridized carbons (Fsp3) is 0.467. The largest absolute Gasteiger partial charge is 0.478 e. The SMILES string of the molecule is CC1(CNC(=O)Nc2ccc(F)cc2C(=O)O)CCCC1. The van der Waals surface area contributed by atoms with Gasteiger partial charge in [0.2, 0.25) is 0 Å². The smallest absolute Gasteiger partial charge is 0.337 e. The van der Waals surface area contributed by atoms with E-state index in [0.717, 1.165) is 25.0 Å². The standard InChI is InChI=1S/C15H19FN2O3/c1-15(6-2-3-7-15)9-17-14(21)18-12-5-4-10(16)8-11(12)13(19)20/h4-5,8H,2-3,6-7,9H2,1H3,(H,19,20)(H2,17,18,21).